The first kappa shape index (κ1) is 20.2. The lowest BCUT2D eigenvalue weighted by Gasteiger charge is -2.45. The van der Waals surface area contributed by atoms with Gasteiger partial charge in [0.25, 0.3) is 0 Å². The Labute approximate surface area is 173 Å². The normalized spacial score (nSPS) is 32.9. The van der Waals surface area contributed by atoms with Gasteiger partial charge >= 0.3 is 0 Å². The second-order valence-electron chi connectivity index (χ2n) is 9.79. The summed E-state index contributed by atoms with van der Waals surface area (Å²) in [5, 5.41) is 0. The molecule has 0 N–H and O–H groups in total. The Bertz CT molecular complexity index is 660. The van der Waals surface area contributed by atoms with Crippen molar-refractivity contribution in [3.05, 3.63) is 47.0 Å². The number of allylic oxidation sites excluding steroid dienone is 1. The maximum Gasteiger partial charge on any atom is 0.0651 e. The molecule has 1 aromatic carbocycles. The van der Waals surface area contributed by atoms with Gasteiger partial charge in [0.15, 0.2) is 0 Å². The van der Waals surface area contributed by atoms with E-state index in [9.17, 15) is 0 Å². The number of fused-ring (bicyclic) bond motifs is 2. The van der Waals surface area contributed by atoms with Crippen molar-refractivity contribution in [2.75, 3.05) is 6.61 Å². The van der Waals surface area contributed by atoms with E-state index in [0.717, 1.165) is 30.3 Å². The van der Waals surface area contributed by atoms with Crippen molar-refractivity contribution in [2.24, 2.45) is 23.7 Å². The summed E-state index contributed by atoms with van der Waals surface area (Å²) < 4.78 is 6.09. The summed E-state index contributed by atoms with van der Waals surface area (Å²) in [6, 6.07) is 7.38. The lowest BCUT2D eigenvalue weighted by Crippen LogP contribution is -2.37. The van der Waals surface area contributed by atoms with Crippen LogP contribution in [0, 0.1) is 23.7 Å². The Morgan fingerprint density at radius 3 is 2.54 bits per heavy atom. The summed E-state index contributed by atoms with van der Waals surface area (Å²) in [6.45, 7) is 5.17. The molecule has 5 atom stereocenters. The van der Waals surface area contributed by atoms with Crippen LogP contribution in [0.1, 0.15) is 81.9 Å². The second kappa shape index (κ2) is 9.61. The van der Waals surface area contributed by atoms with E-state index in [1.165, 1.54) is 70.6 Å². The summed E-state index contributed by atoms with van der Waals surface area (Å²) in [4.78, 5) is 0. The zero-order valence-corrected chi connectivity index (χ0v) is 18.2. The first-order valence-electron chi connectivity index (χ1n) is 12.1. The van der Waals surface area contributed by atoms with Gasteiger partial charge in [0, 0.05) is 0 Å². The molecule has 0 aromatic heterocycles. The van der Waals surface area contributed by atoms with E-state index in [1.54, 1.807) is 16.7 Å². The van der Waals surface area contributed by atoms with Gasteiger partial charge in [-0.2, -0.15) is 0 Å². The molecule has 0 aliphatic heterocycles. The van der Waals surface area contributed by atoms with Crippen LogP contribution in [0.2, 0.25) is 0 Å². The van der Waals surface area contributed by atoms with Gasteiger partial charge in [-0.1, -0.05) is 43.7 Å². The molecule has 5 unspecified atom stereocenters. The first-order chi connectivity index (χ1) is 13.8. The fourth-order valence-electron chi connectivity index (χ4n) is 6.43. The van der Waals surface area contributed by atoms with Gasteiger partial charge in [-0.3, -0.25) is 0 Å². The van der Waals surface area contributed by atoms with Crippen molar-refractivity contribution >= 4 is 0 Å². The summed E-state index contributed by atoms with van der Waals surface area (Å²) >= 11 is 0. The molecule has 1 aromatic rings. The Balaban J connectivity index is 1.30. The van der Waals surface area contributed by atoms with Crippen LogP contribution in [0.5, 0.6) is 0 Å². The fourth-order valence-corrected chi connectivity index (χ4v) is 6.43. The zero-order valence-electron chi connectivity index (χ0n) is 18.2. The highest BCUT2D eigenvalue weighted by Gasteiger charge is 2.38. The molecule has 2 fully saturated rings. The summed E-state index contributed by atoms with van der Waals surface area (Å²) in [5.74, 6) is 3.83. The summed E-state index contributed by atoms with van der Waals surface area (Å²) in [6.07, 6.45) is 19.8. The molecule has 2 saturated carbocycles. The molecule has 4 rings (SSSR count). The Kier molecular flexibility index (Phi) is 6.94. The minimum Gasteiger partial charge on any atom is -0.374 e. The number of benzene rings is 1. The molecule has 0 saturated heterocycles. The minimum absolute atomic E-state index is 0.521. The van der Waals surface area contributed by atoms with Crippen LogP contribution in [0.4, 0.5) is 0 Å². The van der Waals surface area contributed by atoms with E-state index in [-0.39, 0.29) is 0 Å². The predicted molar refractivity (Wildman–Crippen MR) is 119 cm³/mol. The van der Waals surface area contributed by atoms with E-state index >= 15 is 0 Å². The van der Waals surface area contributed by atoms with Gasteiger partial charge in [-0.05, 0) is 111 Å². The average Bonchev–Trinajstić information content (AvgIpc) is 2.73. The molecule has 0 spiro atoms. The third kappa shape index (κ3) is 4.73. The zero-order chi connectivity index (χ0) is 19.3. The van der Waals surface area contributed by atoms with Gasteiger partial charge in [0.2, 0.25) is 0 Å². The third-order valence-electron chi connectivity index (χ3n) is 8.01. The van der Waals surface area contributed by atoms with Crippen LogP contribution in [0.25, 0.3) is 0 Å². The van der Waals surface area contributed by atoms with E-state index in [1.807, 2.05) is 0 Å². The number of hydrogen-bond donors (Lipinski definition) is 0. The standard InChI is InChI=1S/C27H40O/c1-3-5-15-28-27-14-13-25-18-24(11-12-26(25)19-27)23-10-9-21-16-20(6-4-2)7-8-22(21)17-23/h3,5,7-8,16,23-27H,4,6,9-15,17-19H2,1-2H3. The quantitative estimate of drug-likeness (QED) is 0.487. The number of rotatable bonds is 6. The topological polar surface area (TPSA) is 9.23 Å². The van der Waals surface area contributed by atoms with Gasteiger partial charge in [0.05, 0.1) is 12.7 Å². The number of aryl methyl sites for hydroxylation is 2. The maximum absolute atomic E-state index is 6.09. The van der Waals surface area contributed by atoms with E-state index in [2.05, 4.69) is 44.2 Å². The average molecular weight is 381 g/mol. The molecule has 28 heavy (non-hydrogen) atoms. The molecule has 1 heteroatoms. The van der Waals surface area contributed by atoms with Gasteiger partial charge in [-0.25, -0.2) is 0 Å². The fraction of sp³-hybridized carbons (Fsp3) is 0.704. The van der Waals surface area contributed by atoms with E-state index < -0.39 is 0 Å². The highest BCUT2D eigenvalue weighted by Crippen LogP contribution is 2.47. The van der Waals surface area contributed by atoms with Crippen molar-refractivity contribution in [1.29, 1.82) is 0 Å². The number of hydrogen-bond acceptors (Lipinski definition) is 1. The SMILES string of the molecule is CC=CCOC1CCC2CC(C3CCc4cc(CCC)ccc4C3)CCC2C1. The second-order valence-corrected chi connectivity index (χ2v) is 9.79. The lowest BCUT2D eigenvalue weighted by molar-refractivity contribution is -0.0138. The van der Waals surface area contributed by atoms with Crippen LogP contribution < -0.4 is 0 Å². The predicted octanol–water partition coefficient (Wildman–Crippen LogP) is 6.92. The van der Waals surface area contributed by atoms with Crippen LogP contribution >= 0.6 is 0 Å². The highest BCUT2D eigenvalue weighted by atomic mass is 16.5. The lowest BCUT2D eigenvalue weighted by atomic mass is 9.62. The summed E-state index contributed by atoms with van der Waals surface area (Å²) in [7, 11) is 0. The summed E-state index contributed by atoms with van der Waals surface area (Å²) in [5.41, 5.74) is 4.88. The minimum atomic E-state index is 0.521. The Morgan fingerprint density at radius 2 is 1.71 bits per heavy atom. The largest absolute Gasteiger partial charge is 0.374 e. The van der Waals surface area contributed by atoms with Crippen molar-refractivity contribution in [3.8, 4) is 0 Å². The van der Waals surface area contributed by atoms with Crippen molar-refractivity contribution < 1.29 is 4.74 Å². The molecular formula is C27H40O. The smallest absolute Gasteiger partial charge is 0.0651 e. The van der Waals surface area contributed by atoms with Crippen LogP contribution in [-0.2, 0) is 24.0 Å². The molecule has 154 valence electrons. The highest BCUT2D eigenvalue weighted by molar-refractivity contribution is 5.34. The van der Waals surface area contributed by atoms with Crippen LogP contribution in [-0.4, -0.2) is 12.7 Å². The molecule has 1 nitrogen and oxygen atoms in total. The van der Waals surface area contributed by atoms with Crippen LogP contribution in [0.3, 0.4) is 0 Å². The monoisotopic (exact) mass is 380 g/mol. The Hall–Kier alpha value is -1.08. The van der Waals surface area contributed by atoms with Crippen molar-refractivity contribution in [1.82, 2.24) is 0 Å². The first-order valence-corrected chi connectivity index (χ1v) is 12.1. The Morgan fingerprint density at radius 1 is 0.929 bits per heavy atom. The number of ether oxygens (including phenoxy) is 1. The maximum atomic E-state index is 6.09. The molecule has 0 radical (unpaired) electrons. The van der Waals surface area contributed by atoms with E-state index in [0.29, 0.717) is 6.10 Å². The van der Waals surface area contributed by atoms with Crippen molar-refractivity contribution in [3.63, 3.8) is 0 Å². The van der Waals surface area contributed by atoms with Gasteiger partial charge in [0.1, 0.15) is 0 Å². The molecular weight excluding hydrogens is 340 g/mol. The van der Waals surface area contributed by atoms with Gasteiger partial charge < -0.3 is 4.74 Å². The van der Waals surface area contributed by atoms with E-state index in [4.69, 9.17) is 4.74 Å². The molecule has 0 amide bonds. The van der Waals surface area contributed by atoms with Crippen molar-refractivity contribution in [2.45, 2.75) is 90.6 Å². The van der Waals surface area contributed by atoms with Gasteiger partial charge in [-0.15, -0.1) is 0 Å². The third-order valence-corrected chi connectivity index (χ3v) is 8.01. The molecule has 3 aliphatic carbocycles. The molecule has 3 aliphatic rings. The molecule has 0 heterocycles. The van der Waals surface area contributed by atoms with Crippen LogP contribution in [0.15, 0.2) is 30.4 Å². The molecule has 0 bridgehead atoms.